The maximum atomic E-state index is 5.86. The summed E-state index contributed by atoms with van der Waals surface area (Å²) in [6, 6.07) is 7.09. The lowest BCUT2D eigenvalue weighted by Crippen LogP contribution is -2.37. The molecule has 15 heavy (non-hydrogen) atoms. The fourth-order valence-electron chi connectivity index (χ4n) is 2.07. The van der Waals surface area contributed by atoms with Crippen LogP contribution in [0.1, 0.15) is 31.4 Å². The second-order valence-corrected chi connectivity index (χ2v) is 4.31. The molecule has 0 amide bonds. The van der Waals surface area contributed by atoms with Gasteiger partial charge in [0.05, 0.1) is 5.69 Å². The van der Waals surface area contributed by atoms with Gasteiger partial charge in [-0.25, -0.2) is 0 Å². The highest BCUT2D eigenvalue weighted by molar-refractivity contribution is 5.03. The molecule has 82 valence electrons. The first-order chi connectivity index (χ1) is 7.34. The highest BCUT2D eigenvalue weighted by Gasteiger charge is 2.17. The Hall–Kier alpha value is -0.930. The van der Waals surface area contributed by atoms with Crippen LogP contribution in [0.3, 0.4) is 0 Å². The minimum Gasteiger partial charge on any atom is -0.328 e. The largest absolute Gasteiger partial charge is 0.328 e. The van der Waals surface area contributed by atoms with E-state index in [1.807, 2.05) is 18.3 Å². The Bertz CT molecular complexity index is 278. The summed E-state index contributed by atoms with van der Waals surface area (Å²) >= 11 is 0. The molecule has 0 aliphatic heterocycles. The molecule has 3 N–H and O–H groups in total. The number of aromatic nitrogens is 1. The lowest BCUT2D eigenvalue weighted by atomic mass is 9.92. The Morgan fingerprint density at radius 1 is 1.27 bits per heavy atom. The first kappa shape index (κ1) is 10.6. The molecular weight excluding hydrogens is 186 g/mol. The molecule has 1 heterocycles. The zero-order valence-corrected chi connectivity index (χ0v) is 9.02. The molecule has 1 fully saturated rings. The van der Waals surface area contributed by atoms with Crippen LogP contribution in [-0.4, -0.2) is 17.1 Å². The molecule has 3 nitrogen and oxygen atoms in total. The molecule has 0 radical (unpaired) electrons. The van der Waals surface area contributed by atoms with Crippen LogP contribution in [-0.2, 0) is 6.54 Å². The molecule has 1 saturated carbocycles. The fraction of sp³-hybridized carbons (Fsp3) is 0.583. The quantitative estimate of drug-likeness (QED) is 0.785. The third-order valence-electron chi connectivity index (χ3n) is 3.07. The summed E-state index contributed by atoms with van der Waals surface area (Å²) in [5, 5.41) is 3.54. The first-order valence-corrected chi connectivity index (χ1v) is 5.73. The summed E-state index contributed by atoms with van der Waals surface area (Å²) in [5.41, 5.74) is 6.98. The fourth-order valence-corrected chi connectivity index (χ4v) is 2.07. The van der Waals surface area contributed by atoms with Crippen LogP contribution in [0.15, 0.2) is 24.4 Å². The predicted molar refractivity (Wildman–Crippen MR) is 61.3 cm³/mol. The number of nitrogens with one attached hydrogen (secondary N) is 1. The standard InChI is InChI=1S/C12H19N3/c13-10-4-6-11(7-5-10)15-9-12-3-1-2-8-14-12/h1-3,8,10-11,15H,4-7,9,13H2. The Kier molecular flexibility index (Phi) is 3.69. The topological polar surface area (TPSA) is 50.9 Å². The van der Waals surface area contributed by atoms with Gasteiger partial charge in [0.25, 0.3) is 0 Å². The summed E-state index contributed by atoms with van der Waals surface area (Å²) in [4.78, 5) is 4.29. The average molecular weight is 205 g/mol. The van der Waals surface area contributed by atoms with E-state index in [4.69, 9.17) is 5.73 Å². The van der Waals surface area contributed by atoms with Gasteiger partial charge in [0.1, 0.15) is 0 Å². The first-order valence-electron chi connectivity index (χ1n) is 5.73. The Balaban J connectivity index is 1.74. The van der Waals surface area contributed by atoms with E-state index in [0.29, 0.717) is 12.1 Å². The van der Waals surface area contributed by atoms with Crippen LogP contribution in [0.4, 0.5) is 0 Å². The SMILES string of the molecule is NC1CCC(NCc2ccccn2)CC1. The van der Waals surface area contributed by atoms with Crippen molar-refractivity contribution >= 4 is 0 Å². The smallest absolute Gasteiger partial charge is 0.0541 e. The molecule has 0 bridgehead atoms. The van der Waals surface area contributed by atoms with Gasteiger partial charge in [-0.1, -0.05) is 6.07 Å². The van der Waals surface area contributed by atoms with Gasteiger partial charge < -0.3 is 11.1 Å². The third kappa shape index (κ3) is 3.29. The Morgan fingerprint density at radius 2 is 2.07 bits per heavy atom. The minimum absolute atomic E-state index is 0.429. The van der Waals surface area contributed by atoms with Crippen LogP contribution in [0, 0.1) is 0 Å². The second kappa shape index (κ2) is 5.24. The molecule has 1 aliphatic carbocycles. The molecule has 1 aliphatic rings. The molecule has 0 atom stereocenters. The molecule has 2 rings (SSSR count). The van der Waals surface area contributed by atoms with Crippen LogP contribution in [0.5, 0.6) is 0 Å². The van der Waals surface area contributed by atoms with Crippen molar-refractivity contribution < 1.29 is 0 Å². The minimum atomic E-state index is 0.429. The van der Waals surface area contributed by atoms with Crippen molar-refractivity contribution in [1.82, 2.24) is 10.3 Å². The number of pyridine rings is 1. The van der Waals surface area contributed by atoms with Crippen molar-refractivity contribution in [2.75, 3.05) is 0 Å². The van der Waals surface area contributed by atoms with Crippen molar-refractivity contribution in [3.8, 4) is 0 Å². The van der Waals surface area contributed by atoms with Crippen molar-refractivity contribution in [1.29, 1.82) is 0 Å². The summed E-state index contributed by atoms with van der Waals surface area (Å²) < 4.78 is 0. The maximum Gasteiger partial charge on any atom is 0.0541 e. The summed E-state index contributed by atoms with van der Waals surface area (Å²) in [6.07, 6.45) is 6.55. The zero-order chi connectivity index (χ0) is 10.5. The van der Waals surface area contributed by atoms with Crippen LogP contribution in [0.2, 0.25) is 0 Å². The average Bonchev–Trinajstić information content (AvgIpc) is 2.30. The van der Waals surface area contributed by atoms with E-state index in [2.05, 4.69) is 16.4 Å². The highest BCUT2D eigenvalue weighted by atomic mass is 14.9. The number of rotatable bonds is 3. The van der Waals surface area contributed by atoms with E-state index in [1.54, 1.807) is 0 Å². The van der Waals surface area contributed by atoms with Gasteiger partial charge >= 0.3 is 0 Å². The van der Waals surface area contributed by atoms with E-state index in [0.717, 1.165) is 25.1 Å². The Morgan fingerprint density at radius 3 is 2.73 bits per heavy atom. The highest BCUT2D eigenvalue weighted by Crippen LogP contribution is 2.17. The summed E-state index contributed by atoms with van der Waals surface area (Å²) in [7, 11) is 0. The van der Waals surface area contributed by atoms with Crippen LogP contribution < -0.4 is 11.1 Å². The lowest BCUT2D eigenvalue weighted by molar-refractivity contribution is 0.341. The molecular formula is C12H19N3. The molecule has 1 aromatic rings. The van der Waals surface area contributed by atoms with Gasteiger partial charge in [-0.05, 0) is 37.8 Å². The van der Waals surface area contributed by atoms with Crippen molar-refractivity contribution in [2.45, 2.75) is 44.3 Å². The van der Waals surface area contributed by atoms with Crippen molar-refractivity contribution in [3.05, 3.63) is 30.1 Å². The van der Waals surface area contributed by atoms with Crippen LogP contribution in [0.25, 0.3) is 0 Å². The van der Waals surface area contributed by atoms with Crippen molar-refractivity contribution in [2.24, 2.45) is 5.73 Å². The molecule has 1 aromatic heterocycles. The van der Waals surface area contributed by atoms with E-state index < -0.39 is 0 Å². The van der Waals surface area contributed by atoms with Crippen LogP contribution >= 0.6 is 0 Å². The van der Waals surface area contributed by atoms with E-state index in [-0.39, 0.29) is 0 Å². The molecule has 0 unspecified atom stereocenters. The van der Waals surface area contributed by atoms with Crippen molar-refractivity contribution in [3.63, 3.8) is 0 Å². The normalized spacial score (nSPS) is 26.5. The molecule has 0 spiro atoms. The monoisotopic (exact) mass is 205 g/mol. The molecule has 0 saturated heterocycles. The summed E-state index contributed by atoms with van der Waals surface area (Å²) in [5.74, 6) is 0. The van der Waals surface area contributed by atoms with E-state index >= 15 is 0 Å². The zero-order valence-electron chi connectivity index (χ0n) is 9.02. The van der Waals surface area contributed by atoms with Gasteiger partial charge in [-0.2, -0.15) is 0 Å². The molecule has 3 heteroatoms. The van der Waals surface area contributed by atoms with Gasteiger partial charge in [-0.15, -0.1) is 0 Å². The van der Waals surface area contributed by atoms with Gasteiger partial charge in [0.15, 0.2) is 0 Å². The number of nitrogens with two attached hydrogens (primary N) is 1. The van der Waals surface area contributed by atoms with E-state index in [1.165, 1.54) is 12.8 Å². The summed E-state index contributed by atoms with van der Waals surface area (Å²) in [6.45, 7) is 0.876. The number of hydrogen-bond donors (Lipinski definition) is 2. The lowest BCUT2D eigenvalue weighted by Gasteiger charge is -2.26. The second-order valence-electron chi connectivity index (χ2n) is 4.31. The Labute approximate surface area is 91.1 Å². The number of nitrogens with zero attached hydrogens (tertiary/aromatic N) is 1. The maximum absolute atomic E-state index is 5.86. The number of hydrogen-bond acceptors (Lipinski definition) is 3. The van der Waals surface area contributed by atoms with E-state index in [9.17, 15) is 0 Å². The molecule has 0 aromatic carbocycles. The predicted octanol–water partition coefficient (Wildman–Crippen LogP) is 1.44. The van der Waals surface area contributed by atoms with Gasteiger partial charge in [-0.3, -0.25) is 4.98 Å². The van der Waals surface area contributed by atoms with Gasteiger partial charge in [0, 0.05) is 24.8 Å². The third-order valence-corrected chi connectivity index (χ3v) is 3.07. The van der Waals surface area contributed by atoms with Gasteiger partial charge in [0.2, 0.25) is 0 Å².